The predicted molar refractivity (Wildman–Crippen MR) is 162 cm³/mol. The first-order chi connectivity index (χ1) is 20.1. The molecule has 3 aliphatic rings. The van der Waals surface area contributed by atoms with Crippen LogP contribution >= 0.6 is 11.8 Å². The number of ketones is 1. The second-order valence-corrected chi connectivity index (χ2v) is 12.2. The Balaban J connectivity index is 1.32. The maximum atomic E-state index is 14.2. The highest BCUT2D eigenvalue weighted by molar-refractivity contribution is 8.00. The first-order valence-electron chi connectivity index (χ1n) is 13.9. The SMILES string of the molecule is C=CC(=O)N1CC[C@H](C(=O)NC2Sc3c(N)ccc4c3C2C(N)C(=O)C4(N)c2ccc(Oc3ccccc3)cc2C)C1. The Morgan fingerprint density at radius 3 is 2.57 bits per heavy atom. The molecule has 10 heteroatoms. The van der Waals surface area contributed by atoms with E-state index in [1.807, 2.05) is 49.4 Å². The first kappa shape index (κ1) is 28.0. The average Bonchev–Trinajstić information content (AvgIpc) is 3.62. The van der Waals surface area contributed by atoms with Crippen LogP contribution in [0, 0.1) is 12.8 Å². The van der Waals surface area contributed by atoms with Gasteiger partial charge in [-0.05, 0) is 72.0 Å². The van der Waals surface area contributed by atoms with Gasteiger partial charge in [0.1, 0.15) is 17.0 Å². The topological polar surface area (TPSA) is 154 Å². The number of rotatable bonds is 6. The van der Waals surface area contributed by atoms with E-state index in [-0.39, 0.29) is 23.5 Å². The molecule has 0 bridgehead atoms. The fourth-order valence-corrected chi connectivity index (χ4v) is 7.88. The average molecular weight is 584 g/mol. The monoisotopic (exact) mass is 583 g/mol. The summed E-state index contributed by atoms with van der Waals surface area (Å²) in [4.78, 5) is 41.9. The standard InChI is InChI=1S/C32H33N5O4S/c1-3-24(38)37-14-13-18(16-37)30(40)36-31-26-25-22(11-12-23(33)28(25)42-31)32(35,29(39)27(26)34)21-10-9-20(15-17(21)2)41-19-7-5-4-6-8-19/h3-12,15,18,26-27,31H,1,13-14,16,33-35H2,2H3,(H,36,40)/t18-,26?,27?,31?,32?/m0/s1. The molecule has 4 unspecified atom stereocenters. The van der Waals surface area contributed by atoms with Crippen molar-refractivity contribution in [1.82, 2.24) is 10.2 Å². The molecule has 3 aromatic carbocycles. The quantitative estimate of drug-likeness (QED) is 0.255. The Bertz CT molecular complexity index is 1610. The van der Waals surface area contributed by atoms with Crippen LogP contribution in [0.3, 0.4) is 0 Å². The molecule has 2 aliphatic heterocycles. The fourth-order valence-electron chi connectivity index (χ4n) is 6.43. The van der Waals surface area contributed by atoms with Gasteiger partial charge in [0.25, 0.3) is 0 Å². The molecular formula is C32H33N5O4S. The third kappa shape index (κ3) is 4.46. The lowest BCUT2D eigenvalue weighted by atomic mass is 9.65. The minimum atomic E-state index is -1.51. The summed E-state index contributed by atoms with van der Waals surface area (Å²) in [6, 6.07) is 17.5. The van der Waals surface area contributed by atoms with Crippen LogP contribution in [0.5, 0.6) is 11.5 Å². The maximum absolute atomic E-state index is 14.2. The van der Waals surface area contributed by atoms with E-state index in [2.05, 4.69) is 11.9 Å². The van der Waals surface area contributed by atoms with Crippen LogP contribution in [0.2, 0.25) is 0 Å². The van der Waals surface area contributed by atoms with E-state index in [0.29, 0.717) is 47.8 Å². The summed E-state index contributed by atoms with van der Waals surface area (Å²) < 4.78 is 6.00. The number of likely N-dealkylation sites (tertiary alicyclic amines) is 1. The van der Waals surface area contributed by atoms with Crippen molar-refractivity contribution in [3.05, 3.63) is 95.6 Å². The van der Waals surface area contributed by atoms with E-state index in [4.69, 9.17) is 21.9 Å². The molecule has 0 radical (unpaired) electrons. The van der Waals surface area contributed by atoms with Crippen molar-refractivity contribution in [3.8, 4) is 11.5 Å². The number of ether oxygens (including phenoxy) is 1. The molecule has 0 spiro atoms. The Morgan fingerprint density at radius 1 is 1.12 bits per heavy atom. The van der Waals surface area contributed by atoms with Gasteiger partial charge in [0.15, 0.2) is 5.78 Å². The molecule has 7 N–H and O–H groups in total. The molecule has 3 aromatic rings. The molecule has 9 nitrogen and oxygen atoms in total. The molecular weight excluding hydrogens is 550 g/mol. The highest BCUT2D eigenvalue weighted by Gasteiger charge is 2.56. The molecule has 1 fully saturated rings. The van der Waals surface area contributed by atoms with Gasteiger partial charge >= 0.3 is 0 Å². The zero-order chi connectivity index (χ0) is 29.8. The van der Waals surface area contributed by atoms with Crippen LogP contribution < -0.4 is 27.3 Å². The molecule has 6 rings (SSSR count). The summed E-state index contributed by atoms with van der Waals surface area (Å²) in [7, 11) is 0. The largest absolute Gasteiger partial charge is 0.457 e. The Kier molecular flexibility index (Phi) is 7.08. The highest BCUT2D eigenvalue weighted by atomic mass is 32.2. The number of nitrogens with two attached hydrogens (primary N) is 3. The third-order valence-electron chi connectivity index (χ3n) is 8.57. The number of benzene rings is 3. The maximum Gasteiger partial charge on any atom is 0.245 e. The number of aryl methyl sites for hydroxylation is 1. The van der Waals surface area contributed by atoms with E-state index in [0.717, 1.165) is 16.0 Å². The van der Waals surface area contributed by atoms with E-state index in [1.54, 1.807) is 23.1 Å². The van der Waals surface area contributed by atoms with Crippen LogP contribution in [0.4, 0.5) is 5.69 Å². The van der Waals surface area contributed by atoms with Crippen molar-refractivity contribution in [3.63, 3.8) is 0 Å². The molecule has 2 amide bonds. The van der Waals surface area contributed by atoms with Crippen LogP contribution in [-0.2, 0) is 19.9 Å². The smallest absolute Gasteiger partial charge is 0.245 e. The number of thioether (sulfide) groups is 1. The zero-order valence-electron chi connectivity index (χ0n) is 23.2. The van der Waals surface area contributed by atoms with Gasteiger partial charge in [-0.25, -0.2) is 0 Å². The van der Waals surface area contributed by atoms with Crippen molar-refractivity contribution < 1.29 is 19.1 Å². The molecule has 42 heavy (non-hydrogen) atoms. The lowest BCUT2D eigenvalue weighted by Crippen LogP contribution is -2.61. The fraction of sp³-hybridized carbons (Fsp3) is 0.281. The summed E-state index contributed by atoms with van der Waals surface area (Å²) in [6.07, 6.45) is 1.80. The zero-order valence-corrected chi connectivity index (χ0v) is 24.0. The summed E-state index contributed by atoms with van der Waals surface area (Å²) in [5, 5.41) is 2.60. The van der Waals surface area contributed by atoms with E-state index in [1.165, 1.54) is 17.8 Å². The Morgan fingerprint density at radius 2 is 1.86 bits per heavy atom. The number of nitrogens with one attached hydrogen (secondary N) is 1. The van der Waals surface area contributed by atoms with Gasteiger partial charge in [0.05, 0.1) is 17.3 Å². The van der Waals surface area contributed by atoms with Gasteiger partial charge in [0.2, 0.25) is 11.8 Å². The Hall–Kier alpha value is -4.12. The number of anilines is 1. The summed E-state index contributed by atoms with van der Waals surface area (Å²) in [6.45, 7) is 6.23. The van der Waals surface area contributed by atoms with Crippen LogP contribution in [-0.4, -0.2) is 47.0 Å². The third-order valence-corrected chi connectivity index (χ3v) is 9.92. The Labute approximate surface area is 248 Å². The molecule has 2 heterocycles. The van der Waals surface area contributed by atoms with Crippen LogP contribution in [0.15, 0.2) is 78.2 Å². The summed E-state index contributed by atoms with van der Waals surface area (Å²) in [5.74, 6) is -0.264. The van der Waals surface area contributed by atoms with E-state index < -0.39 is 22.9 Å². The lowest BCUT2D eigenvalue weighted by Gasteiger charge is -2.42. The highest BCUT2D eigenvalue weighted by Crippen LogP contribution is 2.56. The number of nitrogens with zero attached hydrogens (tertiary/aromatic N) is 1. The van der Waals surface area contributed by atoms with E-state index in [9.17, 15) is 14.4 Å². The van der Waals surface area contributed by atoms with E-state index >= 15 is 0 Å². The molecule has 0 saturated carbocycles. The second kappa shape index (κ2) is 10.6. The number of amides is 2. The molecule has 216 valence electrons. The van der Waals surface area contributed by atoms with Gasteiger partial charge in [-0.15, -0.1) is 0 Å². The first-order valence-corrected chi connectivity index (χ1v) is 14.8. The normalized spacial score (nSPS) is 26.1. The predicted octanol–water partition coefficient (Wildman–Crippen LogP) is 3.15. The second-order valence-electron chi connectivity index (χ2n) is 11.1. The molecule has 5 atom stereocenters. The van der Waals surface area contributed by atoms with Crippen molar-refractivity contribution in [2.24, 2.45) is 17.4 Å². The number of Topliss-reactive ketones (excluding diaryl/α,β-unsaturated/α-hetero) is 1. The van der Waals surface area contributed by atoms with Crippen molar-refractivity contribution in [2.45, 2.75) is 41.1 Å². The van der Waals surface area contributed by atoms with Crippen LogP contribution in [0.25, 0.3) is 0 Å². The van der Waals surface area contributed by atoms with Gasteiger partial charge in [-0.2, -0.15) is 0 Å². The van der Waals surface area contributed by atoms with Gasteiger partial charge in [-0.3, -0.25) is 14.4 Å². The number of carbonyl (C=O) groups is 3. The van der Waals surface area contributed by atoms with Gasteiger partial charge in [0, 0.05) is 29.6 Å². The van der Waals surface area contributed by atoms with Gasteiger partial charge in [-0.1, -0.05) is 48.7 Å². The van der Waals surface area contributed by atoms with Crippen molar-refractivity contribution >= 4 is 35.0 Å². The summed E-state index contributed by atoms with van der Waals surface area (Å²) in [5.41, 5.74) is 22.1. The number of hydrogen-bond donors (Lipinski definition) is 4. The number of hydrogen-bond acceptors (Lipinski definition) is 8. The number of nitrogen functional groups attached to an aromatic ring is 1. The molecule has 1 aliphatic carbocycles. The lowest BCUT2D eigenvalue weighted by molar-refractivity contribution is -0.128. The number of carbonyl (C=O) groups excluding carboxylic acids is 3. The van der Waals surface area contributed by atoms with Gasteiger partial charge < -0.3 is 32.2 Å². The van der Waals surface area contributed by atoms with Crippen LogP contribution in [0.1, 0.15) is 34.6 Å². The molecule has 0 aromatic heterocycles. The minimum Gasteiger partial charge on any atom is -0.457 e. The number of para-hydroxylation sites is 1. The van der Waals surface area contributed by atoms with Crippen molar-refractivity contribution in [2.75, 3.05) is 18.8 Å². The van der Waals surface area contributed by atoms with Crippen molar-refractivity contribution in [1.29, 1.82) is 0 Å². The minimum absolute atomic E-state index is 0.186. The summed E-state index contributed by atoms with van der Waals surface area (Å²) >= 11 is 1.40. The molecule has 1 saturated heterocycles.